The van der Waals surface area contributed by atoms with Crippen LogP contribution in [-0.4, -0.2) is 48.0 Å². The molecule has 90 valence electrons. The van der Waals surface area contributed by atoms with Crippen LogP contribution >= 0.6 is 0 Å². The van der Waals surface area contributed by atoms with Crippen molar-refractivity contribution < 1.29 is 15.0 Å². The Morgan fingerprint density at radius 3 is 2.60 bits per heavy atom. The molecule has 0 aromatic carbocycles. The first-order valence-corrected chi connectivity index (χ1v) is 5.41. The first-order chi connectivity index (χ1) is 7.07. The maximum absolute atomic E-state index is 10.3. The van der Waals surface area contributed by atoms with Gasteiger partial charge in [-0.3, -0.25) is 4.79 Å². The number of aliphatic hydroxyl groups excluding tert-OH is 1. The summed E-state index contributed by atoms with van der Waals surface area (Å²) in [5.41, 5.74) is 0. The van der Waals surface area contributed by atoms with Gasteiger partial charge in [0.2, 0.25) is 0 Å². The number of carboxylic acids is 1. The third-order valence-electron chi connectivity index (χ3n) is 2.17. The predicted molar refractivity (Wildman–Crippen MR) is 58.9 cm³/mol. The molecule has 0 aliphatic rings. The summed E-state index contributed by atoms with van der Waals surface area (Å²) >= 11 is 0. The van der Waals surface area contributed by atoms with Crippen LogP contribution in [0.15, 0.2) is 0 Å². The zero-order valence-corrected chi connectivity index (χ0v) is 9.49. The van der Waals surface area contributed by atoms with E-state index in [2.05, 4.69) is 10.6 Å². The van der Waals surface area contributed by atoms with Gasteiger partial charge in [0, 0.05) is 19.0 Å². The molecule has 5 heteroatoms. The summed E-state index contributed by atoms with van der Waals surface area (Å²) in [4.78, 5) is 10.3. The van der Waals surface area contributed by atoms with E-state index in [1.165, 1.54) is 0 Å². The molecule has 0 amide bonds. The van der Waals surface area contributed by atoms with E-state index in [9.17, 15) is 9.90 Å². The monoisotopic (exact) mass is 218 g/mol. The highest BCUT2D eigenvalue weighted by molar-refractivity contribution is 5.66. The summed E-state index contributed by atoms with van der Waals surface area (Å²) < 4.78 is 0. The maximum Gasteiger partial charge on any atom is 0.303 e. The van der Waals surface area contributed by atoms with Crippen LogP contribution in [0.4, 0.5) is 0 Å². The number of aliphatic hydroxyl groups is 1. The molecule has 0 aliphatic heterocycles. The van der Waals surface area contributed by atoms with Gasteiger partial charge < -0.3 is 20.8 Å². The minimum atomic E-state index is -0.780. The van der Waals surface area contributed by atoms with E-state index < -0.39 is 12.1 Å². The van der Waals surface area contributed by atoms with Crippen molar-refractivity contribution in [3.63, 3.8) is 0 Å². The zero-order valence-electron chi connectivity index (χ0n) is 9.49. The maximum atomic E-state index is 10.3. The number of nitrogens with one attached hydrogen (secondary N) is 2. The van der Waals surface area contributed by atoms with Gasteiger partial charge >= 0.3 is 5.97 Å². The molecule has 0 bridgehead atoms. The van der Waals surface area contributed by atoms with Gasteiger partial charge in [0.15, 0.2) is 0 Å². The molecule has 2 atom stereocenters. The summed E-state index contributed by atoms with van der Waals surface area (Å²) in [5.74, 6) is -0.780. The number of hydrogen-bond donors (Lipinski definition) is 4. The quantitative estimate of drug-likeness (QED) is 0.403. The summed E-state index contributed by atoms with van der Waals surface area (Å²) in [6.07, 6.45) is 0.319. The molecule has 0 radical (unpaired) electrons. The molecule has 0 aliphatic carbocycles. The first kappa shape index (κ1) is 14.3. The summed E-state index contributed by atoms with van der Waals surface area (Å²) in [7, 11) is 0. The molecule has 2 unspecified atom stereocenters. The number of carboxylic acid groups (broad SMARTS) is 1. The van der Waals surface area contributed by atoms with Crippen LogP contribution in [0, 0.1) is 0 Å². The molecule has 0 rings (SSSR count). The summed E-state index contributed by atoms with van der Waals surface area (Å²) in [6, 6.07) is -0.0151. The van der Waals surface area contributed by atoms with Crippen LogP contribution in [0.2, 0.25) is 0 Å². The summed E-state index contributed by atoms with van der Waals surface area (Å²) in [5, 5.41) is 24.1. The van der Waals surface area contributed by atoms with E-state index in [0.717, 1.165) is 6.54 Å². The molecule has 0 saturated carbocycles. The minimum Gasteiger partial charge on any atom is -0.481 e. The van der Waals surface area contributed by atoms with Gasteiger partial charge in [-0.15, -0.1) is 0 Å². The van der Waals surface area contributed by atoms with E-state index in [0.29, 0.717) is 19.5 Å². The Hall–Kier alpha value is -0.650. The van der Waals surface area contributed by atoms with Crippen molar-refractivity contribution in [2.45, 2.75) is 38.8 Å². The van der Waals surface area contributed by atoms with Crippen LogP contribution in [0.5, 0.6) is 0 Å². The average molecular weight is 218 g/mol. The lowest BCUT2D eigenvalue weighted by Gasteiger charge is -2.21. The fraction of sp³-hybridized carbons (Fsp3) is 0.900. The highest BCUT2D eigenvalue weighted by Crippen LogP contribution is 1.93. The third-order valence-corrected chi connectivity index (χ3v) is 2.17. The molecule has 0 aromatic heterocycles. The van der Waals surface area contributed by atoms with Crippen LogP contribution in [-0.2, 0) is 4.79 Å². The van der Waals surface area contributed by atoms with Crippen LogP contribution in [0.1, 0.15) is 26.7 Å². The van der Waals surface area contributed by atoms with Gasteiger partial charge in [0.25, 0.3) is 0 Å². The summed E-state index contributed by atoms with van der Waals surface area (Å²) in [6.45, 7) is 5.91. The molecule has 0 heterocycles. The molecule has 4 N–H and O–H groups in total. The average Bonchev–Trinajstić information content (AvgIpc) is 2.15. The van der Waals surface area contributed by atoms with Crippen molar-refractivity contribution in [2.24, 2.45) is 0 Å². The van der Waals surface area contributed by atoms with Gasteiger partial charge in [-0.05, 0) is 26.4 Å². The lowest BCUT2D eigenvalue weighted by Crippen LogP contribution is -2.46. The number of aliphatic carboxylic acids is 1. The van der Waals surface area contributed by atoms with E-state index >= 15 is 0 Å². The number of carbonyl (C=O) groups is 1. The lowest BCUT2D eigenvalue weighted by molar-refractivity contribution is -0.137. The second-order valence-electron chi connectivity index (χ2n) is 3.61. The van der Waals surface area contributed by atoms with E-state index in [1.54, 1.807) is 6.92 Å². The van der Waals surface area contributed by atoms with Crippen LogP contribution in [0.25, 0.3) is 0 Å². The Bertz CT molecular complexity index is 174. The predicted octanol–water partition coefficient (Wildman–Crippen LogP) is -0.200. The van der Waals surface area contributed by atoms with Crippen molar-refractivity contribution in [1.29, 1.82) is 0 Å². The Labute approximate surface area is 90.9 Å². The minimum absolute atomic E-state index is 0.0151. The van der Waals surface area contributed by atoms with Crippen molar-refractivity contribution in [3.8, 4) is 0 Å². The topological polar surface area (TPSA) is 81.6 Å². The van der Waals surface area contributed by atoms with Gasteiger partial charge in [-0.2, -0.15) is 0 Å². The fourth-order valence-electron chi connectivity index (χ4n) is 1.24. The Balaban J connectivity index is 3.61. The van der Waals surface area contributed by atoms with Crippen molar-refractivity contribution in [2.75, 3.05) is 19.6 Å². The highest BCUT2D eigenvalue weighted by Gasteiger charge is 2.12. The molecular formula is C10H22N2O3. The number of rotatable bonds is 9. The zero-order chi connectivity index (χ0) is 11.7. The Morgan fingerprint density at radius 2 is 2.13 bits per heavy atom. The van der Waals surface area contributed by atoms with Gasteiger partial charge in [0.05, 0.1) is 6.10 Å². The largest absolute Gasteiger partial charge is 0.481 e. The molecule has 0 spiro atoms. The normalized spacial score (nSPS) is 14.9. The van der Waals surface area contributed by atoms with Crippen molar-refractivity contribution >= 4 is 5.97 Å². The fourth-order valence-corrected chi connectivity index (χ4v) is 1.24. The standard InChI is InChI=1S/C10H22N2O3/c1-3-11-7-9(8(2)13)12-6-4-5-10(14)15/h8-9,11-13H,3-7H2,1-2H3,(H,14,15). The molecule has 0 aromatic rings. The van der Waals surface area contributed by atoms with Crippen molar-refractivity contribution in [1.82, 2.24) is 10.6 Å². The Morgan fingerprint density at radius 1 is 1.47 bits per heavy atom. The SMILES string of the molecule is CCNCC(NCCCC(=O)O)C(C)O. The van der Waals surface area contributed by atoms with Crippen LogP contribution in [0.3, 0.4) is 0 Å². The van der Waals surface area contributed by atoms with E-state index in [-0.39, 0.29) is 12.5 Å². The smallest absolute Gasteiger partial charge is 0.303 e. The second-order valence-corrected chi connectivity index (χ2v) is 3.61. The molecule has 5 nitrogen and oxygen atoms in total. The van der Waals surface area contributed by atoms with E-state index in [4.69, 9.17) is 5.11 Å². The lowest BCUT2D eigenvalue weighted by atomic mass is 10.1. The van der Waals surface area contributed by atoms with E-state index in [1.807, 2.05) is 6.92 Å². The van der Waals surface area contributed by atoms with Gasteiger partial charge in [0.1, 0.15) is 0 Å². The number of hydrogen-bond acceptors (Lipinski definition) is 4. The molecule has 0 saturated heterocycles. The number of likely N-dealkylation sites (N-methyl/N-ethyl adjacent to an activating group) is 1. The second kappa shape index (κ2) is 8.64. The highest BCUT2D eigenvalue weighted by atomic mass is 16.4. The molecule has 0 fully saturated rings. The molecular weight excluding hydrogens is 196 g/mol. The van der Waals surface area contributed by atoms with Gasteiger partial charge in [-0.25, -0.2) is 0 Å². The first-order valence-electron chi connectivity index (χ1n) is 5.41. The van der Waals surface area contributed by atoms with Gasteiger partial charge in [-0.1, -0.05) is 6.92 Å². The van der Waals surface area contributed by atoms with Crippen LogP contribution < -0.4 is 10.6 Å². The third kappa shape index (κ3) is 8.35. The van der Waals surface area contributed by atoms with Crippen molar-refractivity contribution in [3.05, 3.63) is 0 Å². The Kier molecular flexibility index (Phi) is 8.27. The molecule has 15 heavy (non-hydrogen) atoms.